The second kappa shape index (κ2) is 8.96. The average Bonchev–Trinajstić information content (AvgIpc) is 2.24. The molecule has 0 spiro atoms. The number of carbonyl (C=O) groups excluding carboxylic acids is 2. The monoisotopic (exact) mass is 233 g/mol. The summed E-state index contributed by atoms with van der Waals surface area (Å²) in [5, 5.41) is 0. The van der Waals surface area contributed by atoms with E-state index in [-0.39, 0.29) is 13.2 Å². The maximum Gasteiger partial charge on any atom is 0.410 e. The molecular formula is C10H19NO5. The fourth-order valence-corrected chi connectivity index (χ4v) is 1.01. The van der Waals surface area contributed by atoms with E-state index in [0.717, 1.165) is 0 Å². The van der Waals surface area contributed by atoms with Crippen LogP contribution in [-0.4, -0.2) is 57.0 Å². The van der Waals surface area contributed by atoms with E-state index in [0.29, 0.717) is 19.8 Å². The molecule has 6 heteroatoms. The topological polar surface area (TPSA) is 65.1 Å². The maximum atomic E-state index is 11.4. The van der Waals surface area contributed by atoms with Crippen LogP contribution in [0.3, 0.4) is 0 Å². The average molecular weight is 233 g/mol. The predicted molar refractivity (Wildman–Crippen MR) is 57.1 cm³/mol. The van der Waals surface area contributed by atoms with Gasteiger partial charge in [-0.3, -0.25) is 9.69 Å². The van der Waals surface area contributed by atoms with Gasteiger partial charge in [0.1, 0.15) is 6.54 Å². The first-order chi connectivity index (χ1) is 7.65. The highest BCUT2D eigenvalue weighted by atomic mass is 16.6. The molecule has 1 amide bonds. The fraction of sp³-hybridized carbons (Fsp3) is 0.800. The zero-order valence-electron chi connectivity index (χ0n) is 10.0. The summed E-state index contributed by atoms with van der Waals surface area (Å²) < 4.78 is 14.4. The Hall–Kier alpha value is -1.30. The van der Waals surface area contributed by atoms with Crippen LogP contribution in [0.2, 0.25) is 0 Å². The molecule has 16 heavy (non-hydrogen) atoms. The van der Waals surface area contributed by atoms with Gasteiger partial charge in [-0.15, -0.1) is 0 Å². The van der Waals surface area contributed by atoms with E-state index >= 15 is 0 Å². The summed E-state index contributed by atoms with van der Waals surface area (Å²) in [5.41, 5.74) is 0. The van der Waals surface area contributed by atoms with E-state index in [2.05, 4.69) is 0 Å². The lowest BCUT2D eigenvalue weighted by Crippen LogP contribution is -2.39. The standard InChI is InChI=1S/C10H19NO5/c1-4-15-9(12)8-11(6-7-14-3)10(13)16-5-2/h4-8H2,1-3H3. The largest absolute Gasteiger partial charge is 0.465 e. The Labute approximate surface area is 95.4 Å². The molecule has 0 N–H and O–H groups in total. The van der Waals surface area contributed by atoms with Gasteiger partial charge < -0.3 is 14.2 Å². The third kappa shape index (κ3) is 6.23. The highest BCUT2D eigenvalue weighted by Gasteiger charge is 2.18. The van der Waals surface area contributed by atoms with Crippen LogP contribution in [0.5, 0.6) is 0 Å². The molecule has 0 saturated carbocycles. The third-order valence-electron chi connectivity index (χ3n) is 1.72. The summed E-state index contributed by atoms with van der Waals surface area (Å²) in [6, 6.07) is 0. The highest BCUT2D eigenvalue weighted by molar-refractivity contribution is 5.78. The summed E-state index contributed by atoms with van der Waals surface area (Å²) >= 11 is 0. The van der Waals surface area contributed by atoms with Crippen molar-refractivity contribution in [3.05, 3.63) is 0 Å². The van der Waals surface area contributed by atoms with Crippen LogP contribution < -0.4 is 0 Å². The predicted octanol–water partition coefficient (Wildman–Crippen LogP) is 0.654. The number of esters is 1. The van der Waals surface area contributed by atoms with Crippen LogP contribution in [0.4, 0.5) is 4.79 Å². The lowest BCUT2D eigenvalue weighted by atomic mass is 10.5. The molecule has 0 aliphatic rings. The Morgan fingerprint density at radius 1 is 1.12 bits per heavy atom. The molecule has 0 aliphatic carbocycles. The zero-order chi connectivity index (χ0) is 12.4. The molecule has 0 radical (unpaired) electrons. The molecule has 0 unspecified atom stereocenters. The number of amides is 1. The van der Waals surface area contributed by atoms with Crippen molar-refractivity contribution in [1.29, 1.82) is 0 Å². The SMILES string of the molecule is CCOC(=O)CN(CCOC)C(=O)OCC. The summed E-state index contributed by atoms with van der Waals surface area (Å²) in [5.74, 6) is -0.452. The van der Waals surface area contributed by atoms with Crippen LogP contribution in [0.15, 0.2) is 0 Å². The normalized spacial score (nSPS) is 9.69. The summed E-state index contributed by atoms with van der Waals surface area (Å²) in [7, 11) is 1.52. The molecule has 0 heterocycles. The summed E-state index contributed by atoms with van der Waals surface area (Å²) in [4.78, 5) is 23.9. The lowest BCUT2D eigenvalue weighted by molar-refractivity contribution is -0.144. The van der Waals surface area contributed by atoms with Gasteiger partial charge >= 0.3 is 12.1 Å². The molecule has 0 aliphatic heterocycles. The third-order valence-corrected chi connectivity index (χ3v) is 1.72. The molecule has 0 aromatic rings. The highest BCUT2D eigenvalue weighted by Crippen LogP contribution is 1.96. The number of methoxy groups -OCH3 is 1. The molecule has 0 aromatic carbocycles. The first-order valence-electron chi connectivity index (χ1n) is 5.21. The van der Waals surface area contributed by atoms with Crippen molar-refractivity contribution in [3.8, 4) is 0 Å². The van der Waals surface area contributed by atoms with Gasteiger partial charge in [-0.05, 0) is 13.8 Å². The first kappa shape index (κ1) is 14.7. The van der Waals surface area contributed by atoms with E-state index < -0.39 is 12.1 Å². The Morgan fingerprint density at radius 3 is 2.25 bits per heavy atom. The van der Waals surface area contributed by atoms with Crippen molar-refractivity contribution in [2.75, 3.05) is 40.0 Å². The Bertz CT molecular complexity index is 219. The van der Waals surface area contributed by atoms with Crippen LogP contribution in [-0.2, 0) is 19.0 Å². The number of hydrogen-bond acceptors (Lipinski definition) is 5. The van der Waals surface area contributed by atoms with Gasteiger partial charge in [0.25, 0.3) is 0 Å². The van der Waals surface area contributed by atoms with Crippen LogP contribution in [0.1, 0.15) is 13.8 Å². The number of nitrogens with zero attached hydrogens (tertiary/aromatic N) is 1. The number of carbonyl (C=O) groups is 2. The maximum absolute atomic E-state index is 11.4. The second-order valence-electron chi connectivity index (χ2n) is 2.92. The number of hydrogen-bond donors (Lipinski definition) is 0. The van der Waals surface area contributed by atoms with Crippen LogP contribution in [0, 0.1) is 0 Å². The molecule has 0 rings (SSSR count). The van der Waals surface area contributed by atoms with E-state index in [1.165, 1.54) is 12.0 Å². The van der Waals surface area contributed by atoms with Gasteiger partial charge in [-0.1, -0.05) is 0 Å². The Balaban J connectivity index is 4.18. The quantitative estimate of drug-likeness (QED) is 0.604. The number of ether oxygens (including phenoxy) is 3. The van der Waals surface area contributed by atoms with Crippen molar-refractivity contribution < 1.29 is 23.8 Å². The molecule has 0 bridgehead atoms. The summed E-state index contributed by atoms with van der Waals surface area (Å²) in [6.45, 7) is 4.51. The second-order valence-corrected chi connectivity index (χ2v) is 2.92. The number of rotatable bonds is 7. The molecule has 0 aromatic heterocycles. The van der Waals surface area contributed by atoms with Gasteiger partial charge in [0.15, 0.2) is 0 Å². The van der Waals surface area contributed by atoms with Gasteiger partial charge in [0, 0.05) is 13.7 Å². The van der Waals surface area contributed by atoms with E-state index in [9.17, 15) is 9.59 Å². The first-order valence-corrected chi connectivity index (χ1v) is 5.21. The van der Waals surface area contributed by atoms with Gasteiger partial charge in [-0.2, -0.15) is 0 Å². The van der Waals surface area contributed by atoms with Gasteiger partial charge in [0.2, 0.25) is 0 Å². The lowest BCUT2D eigenvalue weighted by Gasteiger charge is -2.20. The molecular weight excluding hydrogens is 214 g/mol. The molecule has 0 atom stereocenters. The van der Waals surface area contributed by atoms with Crippen LogP contribution in [0.25, 0.3) is 0 Å². The van der Waals surface area contributed by atoms with Crippen LogP contribution >= 0.6 is 0 Å². The van der Waals surface area contributed by atoms with E-state index in [1.54, 1.807) is 13.8 Å². The Morgan fingerprint density at radius 2 is 1.75 bits per heavy atom. The van der Waals surface area contributed by atoms with Crippen molar-refractivity contribution in [1.82, 2.24) is 4.90 Å². The molecule has 0 fully saturated rings. The minimum atomic E-state index is -0.535. The molecule has 6 nitrogen and oxygen atoms in total. The zero-order valence-corrected chi connectivity index (χ0v) is 10.0. The van der Waals surface area contributed by atoms with Crippen molar-refractivity contribution in [2.24, 2.45) is 0 Å². The minimum absolute atomic E-state index is 0.115. The van der Waals surface area contributed by atoms with Gasteiger partial charge in [0.05, 0.1) is 19.8 Å². The van der Waals surface area contributed by atoms with Crippen molar-refractivity contribution >= 4 is 12.1 Å². The minimum Gasteiger partial charge on any atom is -0.465 e. The molecule has 0 saturated heterocycles. The van der Waals surface area contributed by atoms with E-state index in [1.807, 2.05) is 0 Å². The van der Waals surface area contributed by atoms with Crippen molar-refractivity contribution in [2.45, 2.75) is 13.8 Å². The molecule has 94 valence electrons. The smallest absolute Gasteiger partial charge is 0.410 e. The van der Waals surface area contributed by atoms with E-state index in [4.69, 9.17) is 14.2 Å². The van der Waals surface area contributed by atoms with Crippen molar-refractivity contribution in [3.63, 3.8) is 0 Å². The summed E-state index contributed by atoms with van der Waals surface area (Å²) in [6.07, 6.45) is -0.535. The van der Waals surface area contributed by atoms with Gasteiger partial charge in [-0.25, -0.2) is 4.79 Å². The fourth-order valence-electron chi connectivity index (χ4n) is 1.01. The Kier molecular flexibility index (Phi) is 8.24.